The quantitative estimate of drug-likeness (QED) is 0.851. The van der Waals surface area contributed by atoms with E-state index in [2.05, 4.69) is 10.2 Å². The largest absolute Gasteiger partial charge is 0.465 e. The predicted octanol–water partition coefficient (Wildman–Crippen LogP) is 3.22. The number of hydrogen-bond acceptors (Lipinski definition) is 4. The molecule has 0 bridgehead atoms. The first-order valence-electron chi connectivity index (χ1n) is 8.75. The molecular weight excluding hydrogens is 330 g/mol. The Bertz CT molecular complexity index is 836. The monoisotopic (exact) mass is 348 g/mol. The summed E-state index contributed by atoms with van der Waals surface area (Å²) in [5.74, 6) is 2.54. The van der Waals surface area contributed by atoms with Crippen molar-refractivity contribution >= 4 is 5.91 Å². The molecule has 0 unspecified atom stereocenters. The zero-order chi connectivity index (χ0) is 17.1. The molecule has 132 valence electrons. The molecule has 2 saturated carbocycles. The molecule has 8 heteroatoms. The maximum atomic E-state index is 13.0. The first kappa shape index (κ1) is 15.0. The van der Waals surface area contributed by atoms with Crippen molar-refractivity contribution in [3.8, 4) is 0 Å². The third-order valence-corrected chi connectivity index (χ3v) is 5.20. The molecule has 0 aromatic carbocycles. The highest BCUT2D eigenvalue weighted by Crippen LogP contribution is 2.47. The highest BCUT2D eigenvalue weighted by molar-refractivity contribution is 5.95. The molecule has 25 heavy (non-hydrogen) atoms. The molecule has 0 N–H and O–H groups in total. The lowest BCUT2D eigenvalue weighted by molar-refractivity contribution is 0.0696. The molecule has 3 aliphatic rings. The summed E-state index contributed by atoms with van der Waals surface area (Å²) in [6.45, 7) is 0.865. The van der Waals surface area contributed by atoms with Crippen LogP contribution in [-0.4, -0.2) is 32.1 Å². The fourth-order valence-electron chi connectivity index (χ4n) is 3.50. The van der Waals surface area contributed by atoms with Crippen LogP contribution in [0.2, 0.25) is 0 Å². The Morgan fingerprint density at radius 3 is 2.60 bits per heavy atom. The van der Waals surface area contributed by atoms with E-state index in [1.54, 1.807) is 4.90 Å². The Kier molecular flexibility index (Phi) is 3.23. The molecule has 2 aromatic heterocycles. The lowest BCUT2D eigenvalue weighted by atomic mass is 10.1. The third-order valence-electron chi connectivity index (χ3n) is 5.20. The Morgan fingerprint density at radius 2 is 1.92 bits per heavy atom. The molecule has 0 spiro atoms. The van der Waals surface area contributed by atoms with Crippen molar-refractivity contribution < 1.29 is 18.0 Å². The summed E-state index contributed by atoms with van der Waals surface area (Å²) in [7, 11) is 0. The molecule has 0 saturated heterocycles. The van der Waals surface area contributed by atoms with Gasteiger partial charge in [-0.25, -0.2) is 8.78 Å². The first-order valence-corrected chi connectivity index (χ1v) is 8.75. The number of fused-ring (bicyclic) bond motifs is 1. The van der Waals surface area contributed by atoms with Gasteiger partial charge in [0.15, 0.2) is 11.6 Å². The highest BCUT2D eigenvalue weighted by Gasteiger charge is 2.38. The SMILES string of the molecule is O=C(c1cc(C2CC2)oc1C1CC1)N1CCn2c(nnc2C(F)F)C1. The summed E-state index contributed by atoms with van der Waals surface area (Å²) in [5.41, 5.74) is 0.645. The lowest BCUT2D eigenvalue weighted by Gasteiger charge is -2.27. The first-order chi connectivity index (χ1) is 12.1. The second-order valence-corrected chi connectivity index (χ2v) is 7.13. The minimum Gasteiger partial charge on any atom is -0.465 e. The standard InChI is InChI=1S/C17H18F2N4O2/c18-15(19)16-21-20-13-8-22(5-6-23(13)16)17(24)11-7-12(9-1-2-9)25-14(11)10-3-4-10/h7,9-10,15H,1-6,8H2. The summed E-state index contributed by atoms with van der Waals surface area (Å²) < 4.78 is 33.3. The van der Waals surface area contributed by atoms with Gasteiger partial charge in [0.1, 0.15) is 11.5 Å². The number of furan rings is 1. The van der Waals surface area contributed by atoms with E-state index in [4.69, 9.17) is 4.42 Å². The molecule has 1 amide bonds. The van der Waals surface area contributed by atoms with Crippen LogP contribution in [0.3, 0.4) is 0 Å². The summed E-state index contributed by atoms with van der Waals surface area (Å²) in [6, 6.07) is 1.90. The Hall–Kier alpha value is -2.25. The van der Waals surface area contributed by atoms with Gasteiger partial charge in [0.2, 0.25) is 0 Å². The van der Waals surface area contributed by atoms with Crippen LogP contribution in [-0.2, 0) is 13.1 Å². The molecule has 6 nitrogen and oxygen atoms in total. The van der Waals surface area contributed by atoms with Crippen LogP contribution in [0.1, 0.15) is 77.5 Å². The van der Waals surface area contributed by atoms with Gasteiger partial charge in [-0.3, -0.25) is 4.79 Å². The summed E-state index contributed by atoms with van der Waals surface area (Å²) >= 11 is 0. The van der Waals surface area contributed by atoms with Crippen molar-refractivity contribution in [2.75, 3.05) is 6.54 Å². The van der Waals surface area contributed by atoms with Crippen LogP contribution in [0.4, 0.5) is 8.78 Å². The number of nitrogens with zero attached hydrogens (tertiary/aromatic N) is 4. The number of carbonyl (C=O) groups is 1. The van der Waals surface area contributed by atoms with Crippen molar-refractivity contribution in [3.05, 3.63) is 34.8 Å². The average molecular weight is 348 g/mol. The molecule has 1 aliphatic heterocycles. The number of hydrogen-bond donors (Lipinski definition) is 0. The number of halogens is 2. The van der Waals surface area contributed by atoms with Gasteiger partial charge in [-0.15, -0.1) is 10.2 Å². The normalized spacial score (nSPS) is 20.2. The second kappa shape index (κ2) is 5.37. The molecule has 2 aromatic rings. The topological polar surface area (TPSA) is 64.2 Å². The molecule has 0 radical (unpaired) electrons. The molecule has 3 heterocycles. The van der Waals surface area contributed by atoms with Crippen molar-refractivity contribution in [2.45, 2.75) is 57.0 Å². The summed E-state index contributed by atoms with van der Waals surface area (Å²) in [5, 5.41) is 7.39. The van der Waals surface area contributed by atoms with Crippen LogP contribution in [0.5, 0.6) is 0 Å². The fraction of sp³-hybridized carbons (Fsp3) is 0.588. The van der Waals surface area contributed by atoms with E-state index >= 15 is 0 Å². The Labute approximate surface area is 142 Å². The van der Waals surface area contributed by atoms with Crippen LogP contribution < -0.4 is 0 Å². The van der Waals surface area contributed by atoms with Crippen LogP contribution in [0, 0.1) is 0 Å². The van der Waals surface area contributed by atoms with Gasteiger partial charge in [-0.2, -0.15) is 0 Å². The predicted molar refractivity (Wildman–Crippen MR) is 82.4 cm³/mol. The average Bonchev–Trinajstić information content (AvgIpc) is 3.54. The minimum atomic E-state index is -2.65. The number of carbonyl (C=O) groups excluding carboxylic acids is 1. The van der Waals surface area contributed by atoms with Gasteiger partial charge in [0, 0.05) is 24.9 Å². The maximum Gasteiger partial charge on any atom is 0.297 e. The number of alkyl halides is 2. The van der Waals surface area contributed by atoms with E-state index in [9.17, 15) is 13.6 Å². The number of aromatic nitrogens is 3. The number of rotatable bonds is 4. The molecule has 2 aliphatic carbocycles. The van der Waals surface area contributed by atoms with Crippen molar-refractivity contribution in [1.82, 2.24) is 19.7 Å². The number of amides is 1. The second-order valence-electron chi connectivity index (χ2n) is 7.13. The Morgan fingerprint density at radius 1 is 1.16 bits per heavy atom. The summed E-state index contributed by atoms with van der Waals surface area (Å²) in [6.07, 6.45) is 1.71. The van der Waals surface area contributed by atoms with Crippen molar-refractivity contribution in [2.24, 2.45) is 0 Å². The minimum absolute atomic E-state index is 0.0922. The van der Waals surface area contributed by atoms with E-state index < -0.39 is 6.43 Å². The van der Waals surface area contributed by atoms with E-state index in [0.717, 1.165) is 37.2 Å². The fourth-order valence-corrected chi connectivity index (χ4v) is 3.50. The van der Waals surface area contributed by atoms with Crippen LogP contribution >= 0.6 is 0 Å². The summed E-state index contributed by atoms with van der Waals surface area (Å²) in [4.78, 5) is 14.7. The molecule has 2 fully saturated rings. The van der Waals surface area contributed by atoms with E-state index in [0.29, 0.717) is 36.3 Å². The lowest BCUT2D eigenvalue weighted by Crippen LogP contribution is -2.39. The molecular formula is C17H18F2N4O2. The molecule has 5 rings (SSSR count). The smallest absolute Gasteiger partial charge is 0.297 e. The van der Waals surface area contributed by atoms with Gasteiger partial charge in [-0.1, -0.05) is 0 Å². The van der Waals surface area contributed by atoms with Gasteiger partial charge >= 0.3 is 0 Å². The Balaban J connectivity index is 1.41. The van der Waals surface area contributed by atoms with Crippen molar-refractivity contribution in [1.29, 1.82) is 0 Å². The van der Waals surface area contributed by atoms with Gasteiger partial charge < -0.3 is 13.9 Å². The van der Waals surface area contributed by atoms with Crippen LogP contribution in [0.15, 0.2) is 10.5 Å². The zero-order valence-corrected chi connectivity index (χ0v) is 13.6. The van der Waals surface area contributed by atoms with Gasteiger partial charge in [-0.05, 0) is 31.7 Å². The van der Waals surface area contributed by atoms with E-state index in [1.165, 1.54) is 4.57 Å². The highest BCUT2D eigenvalue weighted by atomic mass is 19.3. The van der Waals surface area contributed by atoms with Gasteiger partial charge in [0.05, 0.1) is 12.1 Å². The van der Waals surface area contributed by atoms with Crippen molar-refractivity contribution in [3.63, 3.8) is 0 Å². The zero-order valence-electron chi connectivity index (χ0n) is 13.6. The van der Waals surface area contributed by atoms with E-state index in [1.807, 2.05) is 6.07 Å². The van der Waals surface area contributed by atoms with E-state index in [-0.39, 0.29) is 18.3 Å². The van der Waals surface area contributed by atoms with Crippen LogP contribution in [0.25, 0.3) is 0 Å². The third kappa shape index (κ3) is 2.54. The molecule has 0 atom stereocenters. The van der Waals surface area contributed by atoms with Gasteiger partial charge in [0.25, 0.3) is 12.3 Å². The maximum absolute atomic E-state index is 13.0.